The second kappa shape index (κ2) is 5.08. The van der Waals surface area contributed by atoms with Crippen LogP contribution in [0.1, 0.15) is 26.3 Å². The minimum absolute atomic E-state index is 0.142. The van der Waals surface area contributed by atoms with E-state index in [0.29, 0.717) is 6.54 Å². The molecule has 19 heavy (non-hydrogen) atoms. The second-order valence-electron chi connectivity index (χ2n) is 5.97. The van der Waals surface area contributed by atoms with E-state index in [0.717, 1.165) is 12.1 Å². The molecule has 0 spiro atoms. The molecular formula is C16H22N2O. The predicted octanol–water partition coefficient (Wildman–Crippen LogP) is 2.84. The van der Waals surface area contributed by atoms with Gasteiger partial charge in [-0.15, -0.1) is 6.58 Å². The van der Waals surface area contributed by atoms with Crippen molar-refractivity contribution in [3.63, 3.8) is 0 Å². The van der Waals surface area contributed by atoms with Gasteiger partial charge < -0.3 is 10.2 Å². The zero-order chi connectivity index (χ0) is 14.0. The van der Waals surface area contributed by atoms with Crippen molar-refractivity contribution in [2.45, 2.75) is 38.8 Å². The molecule has 0 saturated carbocycles. The number of nitrogens with one attached hydrogen (secondary N) is 1. The van der Waals surface area contributed by atoms with Crippen LogP contribution in [0.5, 0.6) is 0 Å². The van der Waals surface area contributed by atoms with Gasteiger partial charge >= 0.3 is 0 Å². The summed E-state index contributed by atoms with van der Waals surface area (Å²) in [5.41, 5.74) is 2.10. The third-order valence-electron chi connectivity index (χ3n) is 3.46. The molecule has 3 nitrogen and oxygen atoms in total. The van der Waals surface area contributed by atoms with Crippen molar-refractivity contribution in [1.29, 1.82) is 0 Å². The number of amides is 1. The average Bonchev–Trinajstić information content (AvgIpc) is 2.77. The molecule has 1 heterocycles. The normalized spacial score (nSPS) is 17.5. The summed E-state index contributed by atoms with van der Waals surface area (Å²) in [6.45, 7) is 10.5. The number of para-hydroxylation sites is 1. The number of benzene rings is 1. The van der Waals surface area contributed by atoms with Gasteiger partial charge in [-0.1, -0.05) is 24.3 Å². The Kier molecular flexibility index (Phi) is 3.65. The molecule has 3 heteroatoms. The van der Waals surface area contributed by atoms with E-state index < -0.39 is 0 Å². The molecule has 0 aromatic heterocycles. The molecule has 0 saturated heterocycles. The Hall–Kier alpha value is -1.77. The largest absolute Gasteiger partial charge is 0.373 e. The molecule has 0 radical (unpaired) electrons. The minimum Gasteiger partial charge on any atom is -0.373 e. The highest BCUT2D eigenvalue weighted by atomic mass is 16.2. The Labute approximate surface area is 115 Å². The lowest BCUT2D eigenvalue weighted by atomic mass is 10.0. The Bertz CT molecular complexity index is 463. The van der Waals surface area contributed by atoms with Gasteiger partial charge in [0.25, 0.3) is 0 Å². The summed E-state index contributed by atoms with van der Waals surface area (Å²) in [5.74, 6) is 0.142. The number of hydrogen-bond acceptors (Lipinski definition) is 2. The lowest BCUT2D eigenvalue weighted by Gasteiger charge is -2.36. The van der Waals surface area contributed by atoms with Crippen LogP contribution in [0.25, 0.3) is 0 Å². The third kappa shape index (κ3) is 2.80. The fraction of sp³-hybridized carbons (Fsp3) is 0.438. The molecule has 2 rings (SSSR count). The summed E-state index contributed by atoms with van der Waals surface area (Å²) in [6, 6.07) is 7.95. The highest BCUT2D eigenvalue weighted by molar-refractivity contribution is 5.88. The molecule has 1 atom stereocenters. The van der Waals surface area contributed by atoms with Crippen molar-refractivity contribution >= 4 is 11.6 Å². The second-order valence-corrected chi connectivity index (χ2v) is 5.97. The molecule has 1 aliphatic heterocycles. The number of carbonyl (C=O) groups is 1. The van der Waals surface area contributed by atoms with Gasteiger partial charge in [0, 0.05) is 24.2 Å². The van der Waals surface area contributed by atoms with Gasteiger partial charge in [0.15, 0.2) is 0 Å². The van der Waals surface area contributed by atoms with E-state index in [-0.39, 0.29) is 17.5 Å². The maximum atomic E-state index is 12.7. The fourth-order valence-electron chi connectivity index (χ4n) is 2.46. The van der Waals surface area contributed by atoms with E-state index >= 15 is 0 Å². The van der Waals surface area contributed by atoms with Crippen LogP contribution in [0.15, 0.2) is 36.9 Å². The summed E-state index contributed by atoms with van der Waals surface area (Å²) < 4.78 is 0. The molecule has 1 unspecified atom stereocenters. The highest BCUT2D eigenvalue weighted by Crippen LogP contribution is 2.27. The number of rotatable bonds is 3. The van der Waals surface area contributed by atoms with E-state index in [4.69, 9.17) is 0 Å². The molecule has 1 aliphatic rings. The van der Waals surface area contributed by atoms with Gasteiger partial charge in [0.1, 0.15) is 6.04 Å². The number of fused-ring (bicyclic) bond motifs is 1. The summed E-state index contributed by atoms with van der Waals surface area (Å²) in [4.78, 5) is 14.5. The van der Waals surface area contributed by atoms with E-state index in [9.17, 15) is 4.79 Å². The first kappa shape index (κ1) is 13.7. The predicted molar refractivity (Wildman–Crippen MR) is 79.2 cm³/mol. The molecular weight excluding hydrogens is 236 g/mol. The Morgan fingerprint density at radius 2 is 2.16 bits per heavy atom. The van der Waals surface area contributed by atoms with Crippen molar-refractivity contribution in [2.24, 2.45) is 0 Å². The minimum atomic E-state index is -0.193. The maximum Gasteiger partial charge on any atom is 0.246 e. The van der Waals surface area contributed by atoms with Crippen LogP contribution < -0.4 is 5.32 Å². The van der Waals surface area contributed by atoms with Crippen LogP contribution in [0.4, 0.5) is 5.69 Å². The van der Waals surface area contributed by atoms with Crippen molar-refractivity contribution in [2.75, 3.05) is 11.9 Å². The highest BCUT2D eigenvalue weighted by Gasteiger charge is 2.34. The van der Waals surface area contributed by atoms with Crippen LogP contribution >= 0.6 is 0 Å². The van der Waals surface area contributed by atoms with Gasteiger partial charge in [-0.3, -0.25) is 4.79 Å². The maximum absolute atomic E-state index is 12.7. The quantitative estimate of drug-likeness (QED) is 0.846. The summed E-state index contributed by atoms with van der Waals surface area (Å²) in [7, 11) is 0. The molecule has 0 aliphatic carbocycles. The van der Waals surface area contributed by atoms with E-state index in [1.165, 1.54) is 5.56 Å². The topological polar surface area (TPSA) is 32.3 Å². The van der Waals surface area contributed by atoms with Crippen LogP contribution in [-0.4, -0.2) is 28.9 Å². The molecule has 1 N–H and O–H groups in total. The summed E-state index contributed by atoms with van der Waals surface area (Å²) in [5, 5.41) is 3.32. The molecule has 0 bridgehead atoms. The Morgan fingerprint density at radius 3 is 2.74 bits per heavy atom. The van der Waals surface area contributed by atoms with Crippen LogP contribution in [-0.2, 0) is 11.2 Å². The van der Waals surface area contributed by atoms with Gasteiger partial charge in [0.05, 0.1) is 0 Å². The van der Waals surface area contributed by atoms with Crippen LogP contribution in [0.2, 0.25) is 0 Å². The number of carbonyl (C=O) groups excluding carboxylic acids is 1. The number of nitrogens with zero attached hydrogens (tertiary/aromatic N) is 1. The lowest BCUT2D eigenvalue weighted by molar-refractivity contribution is -0.135. The number of hydrogen-bond donors (Lipinski definition) is 1. The summed E-state index contributed by atoms with van der Waals surface area (Å²) >= 11 is 0. The first-order valence-corrected chi connectivity index (χ1v) is 6.70. The lowest BCUT2D eigenvalue weighted by Crippen LogP contribution is -2.51. The van der Waals surface area contributed by atoms with Crippen molar-refractivity contribution in [3.05, 3.63) is 42.5 Å². The molecule has 1 aromatic rings. The van der Waals surface area contributed by atoms with Gasteiger partial charge in [-0.2, -0.15) is 0 Å². The molecule has 0 fully saturated rings. The fourth-order valence-corrected chi connectivity index (χ4v) is 2.46. The SMILES string of the molecule is C=CCN(C(=O)C1Cc2ccccc2N1)C(C)(C)C. The van der Waals surface area contributed by atoms with Gasteiger partial charge in [-0.05, 0) is 32.4 Å². The van der Waals surface area contributed by atoms with E-state index in [2.05, 4.69) is 38.7 Å². The number of anilines is 1. The van der Waals surface area contributed by atoms with Gasteiger partial charge in [0.2, 0.25) is 5.91 Å². The van der Waals surface area contributed by atoms with Crippen molar-refractivity contribution in [1.82, 2.24) is 4.90 Å². The Balaban J connectivity index is 2.15. The van der Waals surface area contributed by atoms with Crippen LogP contribution in [0.3, 0.4) is 0 Å². The van der Waals surface area contributed by atoms with E-state index in [1.807, 2.05) is 23.1 Å². The first-order chi connectivity index (χ1) is 8.93. The zero-order valence-electron chi connectivity index (χ0n) is 11.9. The smallest absolute Gasteiger partial charge is 0.246 e. The van der Waals surface area contributed by atoms with Gasteiger partial charge in [-0.25, -0.2) is 0 Å². The van der Waals surface area contributed by atoms with Crippen molar-refractivity contribution in [3.8, 4) is 0 Å². The third-order valence-corrected chi connectivity index (χ3v) is 3.46. The van der Waals surface area contributed by atoms with Crippen molar-refractivity contribution < 1.29 is 4.79 Å². The summed E-state index contributed by atoms with van der Waals surface area (Å²) in [6.07, 6.45) is 2.55. The monoisotopic (exact) mass is 258 g/mol. The zero-order valence-corrected chi connectivity index (χ0v) is 11.9. The van der Waals surface area contributed by atoms with E-state index in [1.54, 1.807) is 6.08 Å². The first-order valence-electron chi connectivity index (χ1n) is 6.70. The van der Waals surface area contributed by atoms with Crippen LogP contribution in [0, 0.1) is 0 Å². The standard InChI is InChI=1S/C16H22N2O/c1-5-10-18(16(2,3)4)15(19)14-11-12-8-6-7-9-13(12)17-14/h5-9,14,17H,1,10-11H2,2-4H3. The Morgan fingerprint density at radius 1 is 1.47 bits per heavy atom. The molecule has 1 amide bonds. The molecule has 102 valence electrons. The molecule has 1 aromatic carbocycles. The average molecular weight is 258 g/mol.